The number of nitrogens with two attached hydrogens (primary N) is 1. The Kier molecular flexibility index (Phi) is 4.61. The van der Waals surface area contributed by atoms with Crippen molar-refractivity contribution in [1.82, 2.24) is 9.71 Å². The quantitative estimate of drug-likeness (QED) is 0.867. The van der Waals surface area contributed by atoms with Gasteiger partial charge >= 0.3 is 0 Å². The molecule has 0 aromatic carbocycles. The van der Waals surface area contributed by atoms with Crippen LogP contribution in [-0.4, -0.2) is 25.5 Å². The lowest BCUT2D eigenvalue weighted by atomic mass is 9.74. The molecule has 0 bridgehead atoms. The minimum absolute atomic E-state index is 0.00662. The van der Waals surface area contributed by atoms with Crippen LogP contribution in [0.25, 0.3) is 0 Å². The Bertz CT molecular complexity index is 653. The fourth-order valence-electron chi connectivity index (χ4n) is 2.86. The summed E-state index contributed by atoms with van der Waals surface area (Å²) in [7, 11) is -3.74. The second-order valence-corrected chi connectivity index (χ2v) is 7.32. The topological polar surface area (TPSA) is 109 Å². The maximum Gasteiger partial charge on any atom is 0.242 e. The molecule has 1 fully saturated rings. The molecular weight excluding hydrogens is 288 g/mol. The third kappa shape index (κ3) is 3.23. The van der Waals surface area contributed by atoms with Gasteiger partial charge in [-0.15, -0.1) is 0 Å². The molecule has 0 amide bonds. The van der Waals surface area contributed by atoms with E-state index in [0.717, 1.165) is 25.7 Å². The van der Waals surface area contributed by atoms with E-state index < -0.39 is 15.6 Å². The highest BCUT2D eigenvalue weighted by atomic mass is 32.2. The first kappa shape index (κ1) is 15.9. The van der Waals surface area contributed by atoms with Crippen molar-refractivity contribution in [3.8, 4) is 6.07 Å². The van der Waals surface area contributed by atoms with E-state index in [2.05, 4.69) is 9.71 Å². The molecule has 1 aromatic heterocycles. The van der Waals surface area contributed by atoms with Crippen LogP contribution in [0, 0.1) is 17.2 Å². The molecule has 2 rings (SSSR count). The van der Waals surface area contributed by atoms with E-state index in [1.807, 2.05) is 13.0 Å². The van der Waals surface area contributed by atoms with Crippen molar-refractivity contribution in [2.45, 2.75) is 43.0 Å². The zero-order valence-electron chi connectivity index (χ0n) is 12.0. The Hall–Kier alpha value is -1.49. The monoisotopic (exact) mass is 308 g/mol. The average molecular weight is 308 g/mol. The van der Waals surface area contributed by atoms with Crippen LogP contribution in [-0.2, 0) is 10.0 Å². The van der Waals surface area contributed by atoms with E-state index in [4.69, 9.17) is 11.0 Å². The summed E-state index contributed by atoms with van der Waals surface area (Å²) in [6.45, 7) is 2.29. The second kappa shape index (κ2) is 6.10. The van der Waals surface area contributed by atoms with Gasteiger partial charge in [-0.1, -0.05) is 19.8 Å². The molecule has 1 aromatic rings. The van der Waals surface area contributed by atoms with Crippen LogP contribution in [0.15, 0.2) is 23.4 Å². The lowest BCUT2D eigenvalue weighted by Gasteiger charge is -2.42. The Labute approximate surface area is 125 Å². The van der Waals surface area contributed by atoms with Gasteiger partial charge in [0.05, 0.1) is 5.56 Å². The van der Waals surface area contributed by atoms with Gasteiger partial charge in [-0.2, -0.15) is 5.26 Å². The first-order valence-electron chi connectivity index (χ1n) is 7.03. The largest absolute Gasteiger partial charge is 0.329 e. The summed E-state index contributed by atoms with van der Waals surface area (Å²) in [6, 6.07) is 3.22. The molecule has 0 aliphatic heterocycles. The van der Waals surface area contributed by atoms with Gasteiger partial charge < -0.3 is 5.73 Å². The third-order valence-corrected chi connectivity index (χ3v) is 5.83. The fraction of sp³-hybridized carbons (Fsp3) is 0.571. The number of hydrogen-bond acceptors (Lipinski definition) is 5. The maximum atomic E-state index is 12.6. The zero-order valence-corrected chi connectivity index (χ0v) is 12.9. The van der Waals surface area contributed by atoms with E-state index >= 15 is 0 Å². The molecule has 0 radical (unpaired) electrons. The maximum absolute atomic E-state index is 12.6. The molecule has 21 heavy (non-hydrogen) atoms. The zero-order chi connectivity index (χ0) is 15.5. The van der Waals surface area contributed by atoms with E-state index in [1.54, 1.807) is 0 Å². The fourth-order valence-corrected chi connectivity index (χ4v) is 4.39. The van der Waals surface area contributed by atoms with Crippen LogP contribution in [0.5, 0.6) is 0 Å². The first-order valence-corrected chi connectivity index (χ1v) is 8.51. The number of pyridine rings is 1. The summed E-state index contributed by atoms with van der Waals surface area (Å²) >= 11 is 0. The Balaban J connectivity index is 2.33. The van der Waals surface area contributed by atoms with Gasteiger partial charge in [-0.05, 0) is 24.8 Å². The minimum atomic E-state index is -3.74. The van der Waals surface area contributed by atoms with E-state index in [-0.39, 0.29) is 22.9 Å². The normalized spacial score (nSPS) is 26.2. The highest BCUT2D eigenvalue weighted by Crippen LogP contribution is 2.34. The second-order valence-electron chi connectivity index (χ2n) is 5.63. The Morgan fingerprint density at radius 3 is 2.90 bits per heavy atom. The predicted octanol–water partition coefficient (Wildman–Crippen LogP) is 1.14. The molecule has 2 unspecified atom stereocenters. The summed E-state index contributed by atoms with van der Waals surface area (Å²) in [5.74, 6) is 0.179. The summed E-state index contributed by atoms with van der Waals surface area (Å²) in [4.78, 5) is 3.82. The number of sulfonamides is 1. The van der Waals surface area contributed by atoms with Crippen LogP contribution in [0.3, 0.4) is 0 Å². The molecule has 1 aliphatic carbocycles. The van der Waals surface area contributed by atoms with Crippen molar-refractivity contribution in [1.29, 1.82) is 5.26 Å². The van der Waals surface area contributed by atoms with Gasteiger partial charge in [0.2, 0.25) is 10.0 Å². The van der Waals surface area contributed by atoms with Crippen molar-refractivity contribution in [2.75, 3.05) is 6.54 Å². The van der Waals surface area contributed by atoms with Crippen LogP contribution in [0.4, 0.5) is 0 Å². The van der Waals surface area contributed by atoms with Crippen molar-refractivity contribution in [2.24, 2.45) is 11.7 Å². The number of aromatic nitrogens is 1. The first-order chi connectivity index (χ1) is 9.93. The highest BCUT2D eigenvalue weighted by Gasteiger charge is 2.40. The molecule has 0 saturated heterocycles. The molecule has 6 nitrogen and oxygen atoms in total. The van der Waals surface area contributed by atoms with Crippen LogP contribution in [0.2, 0.25) is 0 Å². The Morgan fingerprint density at radius 1 is 1.52 bits per heavy atom. The number of nitrogens with zero attached hydrogens (tertiary/aromatic N) is 2. The predicted molar refractivity (Wildman–Crippen MR) is 78.7 cm³/mol. The van der Waals surface area contributed by atoms with Crippen LogP contribution in [0.1, 0.15) is 38.2 Å². The van der Waals surface area contributed by atoms with E-state index in [9.17, 15) is 8.42 Å². The molecule has 114 valence electrons. The van der Waals surface area contributed by atoms with Crippen LogP contribution < -0.4 is 10.5 Å². The molecule has 7 heteroatoms. The molecule has 1 saturated carbocycles. The van der Waals surface area contributed by atoms with Gasteiger partial charge in [0.25, 0.3) is 0 Å². The van der Waals surface area contributed by atoms with Crippen LogP contribution >= 0.6 is 0 Å². The van der Waals surface area contributed by atoms with Crippen molar-refractivity contribution >= 4 is 10.0 Å². The molecule has 3 N–H and O–H groups in total. The van der Waals surface area contributed by atoms with Gasteiger partial charge in [0.1, 0.15) is 11.0 Å². The average Bonchev–Trinajstić information content (AvgIpc) is 2.49. The summed E-state index contributed by atoms with van der Waals surface area (Å²) in [5.41, 5.74) is 5.48. The molecule has 0 spiro atoms. The minimum Gasteiger partial charge on any atom is -0.329 e. The SMILES string of the molecule is CC1CCCCC1(CN)NS(=O)(=O)c1cncc(C#N)c1. The van der Waals surface area contributed by atoms with Crippen molar-refractivity contribution in [3.05, 3.63) is 24.0 Å². The van der Waals surface area contributed by atoms with Gasteiger partial charge in [0.15, 0.2) is 0 Å². The van der Waals surface area contributed by atoms with E-state index in [0.29, 0.717) is 0 Å². The number of nitriles is 1. The number of rotatable bonds is 4. The summed E-state index contributed by atoms with van der Waals surface area (Å²) < 4.78 is 27.9. The lowest BCUT2D eigenvalue weighted by molar-refractivity contribution is 0.191. The summed E-state index contributed by atoms with van der Waals surface area (Å²) in [6.07, 6.45) is 6.32. The molecule has 1 heterocycles. The number of nitrogens with one attached hydrogen (secondary N) is 1. The lowest BCUT2D eigenvalue weighted by Crippen LogP contribution is -2.58. The highest BCUT2D eigenvalue weighted by molar-refractivity contribution is 7.89. The number of hydrogen-bond donors (Lipinski definition) is 2. The molecular formula is C14H20N4O2S. The van der Waals surface area contributed by atoms with Crippen molar-refractivity contribution in [3.63, 3.8) is 0 Å². The van der Waals surface area contributed by atoms with Crippen molar-refractivity contribution < 1.29 is 8.42 Å². The molecule has 1 aliphatic rings. The van der Waals surface area contributed by atoms with E-state index in [1.165, 1.54) is 18.5 Å². The smallest absolute Gasteiger partial charge is 0.242 e. The standard InChI is InChI=1S/C14H20N4O2S/c1-11-4-2-3-5-14(11,10-16)18-21(19,20)13-6-12(7-15)8-17-9-13/h6,8-9,11,18H,2-5,10,16H2,1H3. The van der Waals surface area contributed by atoms with Gasteiger partial charge in [-0.25, -0.2) is 13.1 Å². The van der Waals surface area contributed by atoms with Gasteiger partial charge in [-0.3, -0.25) is 4.98 Å². The summed E-state index contributed by atoms with van der Waals surface area (Å²) in [5, 5.41) is 8.86. The van der Waals surface area contributed by atoms with Gasteiger partial charge in [0, 0.05) is 24.5 Å². The Morgan fingerprint density at radius 2 is 2.29 bits per heavy atom. The third-order valence-electron chi connectivity index (χ3n) is 4.31. The molecule has 2 atom stereocenters.